The van der Waals surface area contributed by atoms with E-state index in [-0.39, 0.29) is 5.91 Å². The highest BCUT2D eigenvalue weighted by Gasteiger charge is 2.11. The molecule has 1 aromatic heterocycles. The lowest BCUT2D eigenvalue weighted by Gasteiger charge is -2.11. The number of ether oxygens (including phenoxy) is 1. The van der Waals surface area contributed by atoms with Gasteiger partial charge in [-0.2, -0.15) is 4.68 Å². The summed E-state index contributed by atoms with van der Waals surface area (Å²) in [6, 6.07) is 22.6. The first kappa shape index (κ1) is 19.3. The van der Waals surface area contributed by atoms with Crippen molar-refractivity contribution in [2.75, 3.05) is 5.32 Å². The van der Waals surface area contributed by atoms with Crippen LogP contribution in [0, 0.1) is 13.8 Å². The number of nitrogens with one attached hydrogen (secondary N) is 1. The van der Waals surface area contributed by atoms with Gasteiger partial charge in [0, 0.05) is 11.3 Å². The van der Waals surface area contributed by atoms with Crippen LogP contribution in [0.1, 0.15) is 27.3 Å². The van der Waals surface area contributed by atoms with Gasteiger partial charge in [0.25, 0.3) is 5.91 Å². The molecule has 30 heavy (non-hydrogen) atoms. The van der Waals surface area contributed by atoms with Gasteiger partial charge in [0.1, 0.15) is 12.4 Å². The Morgan fingerprint density at radius 3 is 2.47 bits per heavy atom. The van der Waals surface area contributed by atoms with Gasteiger partial charge in [0.2, 0.25) is 0 Å². The summed E-state index contributed by atoms with van der Waals surface area (Å²) < 4.78 is 7.38. The van der Waals surface area contributed by atoms with Crippen molar-refractivity contribution in [3.63, 3.8) is 0 Å². The van der Waals surface area contributed by atoms with Crippen molar-refractivity contribution in [2.24, 2.45) is 0 Å². The Morgan fingerprint density at radius 1 is 1.00 bits per heavy atom. The second kappa shape index (κ2) is 8.57. The molecule has 0 atom stereocenters. The molecule has 1 heterocycles. The molecule has 0 spiro atoms. The van der Waals surface area contributed by atoms with Crippen LogP contribution in [0.2, 0.25) is 0 Å². The molecule has 1 amide bonds. The second-order valence-electron chi connectivity index (χ2n) is 6.89. The zero-order valence-corrected chi connectivity index (χ0v) is 16.7. The average molecular weight is 399 g/mol. The summed E-state index contributed by atoms with van der Waals surface area (Å²) in [7, 11) is 0. The number of aryl methyl sites for hydroxylation is 2. The zero-order chi connectivity index (χ0) is 20.9. The van der Waals surface area contributed by atoms with Crippen LogP contribution < -0.4 is 10.1 Å². The Bertz CT molecular complexity index is 1150. The number of benzene rings is 3. The van der Waals surface area contributed by atoms with Crippen molar-refractivity contribution in [2.45, 2.75) is 20.5 Å². The summed E-state index contributed by atoms with van der Waals surface area (Å²) in [5.41, 5.74) is 4.06. The molecule has 0 aliphatic rings. The summed E-state index contributed by atoms with van der Waals surface area (Å²) in [6.07, 6.45) is 0. The fraction of sp³-hybridized carbons (Fsp3) is 0.130. The summed E-state index contributed by atoms with van der Waals surface area (Å²) in [4.78, 5) is 12.7. The molecule has 4 aromatic rings. The maximum Gasteiger partial charge on any atom is 0.255 e. The van der Waals surface area contributed by atoms with E-state index in [9.17, 15) is 4.79 Å². The first-order valence-electron chi connectivity index (χ1n) is 9.54. The minimum Gasteiger partial charge on any atom is -0.489 e. The molecule has 3 aromatic carbocycles. The number of rotatable bonds is 6. The van der Waals surface area contributed by atoms with Crippen LogP contribution in [0.15, 0.2) is 72.8 Å². The van der Waals surface area contributed by atoms with Crippen molar-refractivity contribution in [3.8, 4) is 11.4 Å². The fourth-order valence-electron chi connectivity index (χ4n) is 3.01. The minimum absolute atomic E-state index is 0.186. The van der Waals surface area contributed by atoms with E-state index in [1.165, 1.54) is 0 Å². The van der Waals surface area contributed by atoms with Crippen molar-refractivity contribution in [1.29, 1.82) is 0 Å². The molecule has 7 heteroatoms. The average Bonchev–Trinajstić information content (AvgIpc) is 3.20. The molecule has 0 aliphatic carbocycles. The van der Waals surface area contributed by atoms with E-state index < -0.39 is 0 Å². The monoisotopic (exact) mass is 399 g/mol. The van der Waals surface area contributed by atoms with Crippen LogP contribution in [-0.2, 0) is 6.61 Å². The number of tetrazole rings is 1. The van der Waals surface area contributed by atoms with E-state index >= 15 is 0 Å². The number of carbonyl (C=O) groups excluding carboxylic acids is 1. The number of carbonyl (C=O) groups is 1. The van der Waals surface area contributed by atoms with Crippen LogP contribution in [0.3, 0.4) is 0 Å². The van der Waals surface area contributed by atoms with Gasteiger partial charge >= 0.3 is 0 Å². The highest BCUT2D eigenvalue weighted by Crippen LogP contribution is 2.20. The van der Waals surface area contributed by atoms with Gasteiger partial charge in [0.05, 0.1) is 5.69 Å². The summed E-state index contributed by atoms with van der Waals surface area (Å²) in [6.45, 7) is 4.24. The lowest BCUT2D eigenvalue weighted by Crippen LogP contribution is -2.13. The topological polar surface area (TPSA) is 81.9 Å². The molecule has 0 radical (unpaired) electrons. The summed E-state index contributed by atoms with van der Waals surface area (Å²) >= 11 is 0. The molecular weight excluding hydrogens is 378 g/mol. The van der Waals surface area contributed by atoms with Gasteiger partial charge < -0.3 is 10.1 Å². The number of hydrogen-bond acceptors (Lipinski definition) is 5. The molecule has 150 valence electrons. The summed E-state index contributed by atoms with van der Waals surface area (Å²) in [5, 5.41) is 14.5. The van der Waals surface area contributed by atoms with Gasteiger partial charge in [-0.3, -0.25) is 4.79 Å². The number of hydrogen-bond donors (Lipinski definition) is 1. The van der Waals surface area contributed by atoms with Gasteiger partial charge in [-0.1, -0.05) is 36.4 Å². The van der Waals surface area contributed by atoms with E-state index in [0.717, 1.165) is 22.6 Å². The largest absolute Gasteiger partial charge is 0.489 e. The van der Waals surface area contributed by atoms with E-state index in [1.807, 2.05) is 74.5 Å². The smallest absolute Gasteiger partial charge is 0.255 e. The molecule has 0 aliphatic heterocycles. The van der Waals surface area contributed by atoms with Crippen LogP contribution >= 0.6 is 0 Å². The SMILES string of the molecule is Cc1ccc(NC(=O)c2ccc(COc3ccccc3)cc2)cc1-n1nnnc1C. The van der Waals surface area contributed by atoms with E-state index in [1.54, 1.807) is 16.8 Å². The summed E-state index contributed by atoms with van der Waals surface area (Å²) in [5.74, 6) is 1.30. The Hall–Kier alpha value is -4.00. The first-order chi connectivity index (χ1) is 14.6. The molecule has 1 N–H and O–H groups in total. The third-order valence-electron chi connectivity index (χ3n) is 4.69. The van der Waals surface area contributed by atoms with Gasteiger partial charge in [-0.05, 0) is 71.8 Å². The maximum absolute atomic E-state index is 12.7. The van der Waals surface area contributed by atoms with Gasteiger partial charge in [-0.25, -0.2) is 0 Å². The van der Waals surface area contributed by atoms with E-state index in [2.05, 4.69) is 20.8 Å². The van der Waals surface area contributed by atoms with Crippen molar-refractivity contribution in [1.82, 2.24) is 20.2 Å². The normalized spacial score (nSPS) is 10.6. The van der Waals surface area contributed by atoms with Gasteiger partial charge in [-0.15, -0.1) is 5.10 Å². The predicted molar refractivity (Wildman–Crippen MR) is 114 cm³/mol. The molecule has 0 saturated heterocycles. The molecule has 7 nitrogen and oxygen atoms in total. The highest BCUT2D eigenvalue weighted by atomic mass is 16.5. The number of aromatic nitrogens is 4. The van der Waals surface area contributed by atoms with Crippen molar-refractivity contribution < 1.29 is 9.53 Å². The lowest BCUT2D eigenvalue weighted by molar-refractivity contribution is 0.102. The van der Waals surface area contributed by atoms with Gasteiger partial charge in [0.15, 0.2) is 5.82 Å². The fourth-order valence-corrected chi connectivity index (χ4v) is 3.01. The zero-order valence-electron chi connectivity index (χ0n) is 16.7. The second-order valence-corrected chi connectivity index (χ2v) is 6.89. The molecule has 4 rings (SSSR count). The number of amides is 1. The predicted octanol–water partition coefficient (Wildman–Crippen LogP) is 4.11. The standard InChI is InChI=1S/C23H21N5O2/c1-16-8-13-20(14-22(16)28-17(2)25-26-27-28)24-23(29)19-11-9-18(10-12-19)15-30-21-6-4-3-5-7-21/h3-14H,15H2,1-2H3,(H,24,29). The quantitative estimate of drug-likeness (QED) is 0.528. The number of nitrogens with zero attached hydrogens (tertiary/aromatic N) is 4. The van der Waals surface area contributed by atoms with Crippen LogP contribution in [-0.4, -0.2) is 26.1 Å². The first-order valence-corrected chi connectivity index (χ1v) is 9.54. The van der Waals surface area contributed by atoms with E-state index in [0.29, 0.717) is 23.7 Å². The Balaban J connectivity index is 1.43. The highest BCUT2D eigenvalue weighted by molar-refractivity contribution is 6.04. The number of anilines is 1. The third kappa shape index (κ3) is 4.35. The number of para-hydroxylation sites is 1. The maximum atomic E-state index is 12.7. The van der Waals surface area contributed by atoms with Crippen molar-refractivity contribution >= 4 is 11.6 Å². The Kier molecular flexibility index (Phi) is 5.52. The van der Waals surface area contributed by atoms with Crippen LogP contribution in [0.4, 0.5) is 5.69 Å². The molecule has 0 saturated carbocycles. The molecule has 0 bridgehead atoms. The Morgan fingerprint density at radius 2 is 1.77 bits per heavy atom. The Labute approximate surface area is 174 Å². The minimum atomic E-state index is -0.186. The van der Waals surface area contributed by atoms with Crippen LogP contribution in [0.25, 0.3) is 5.69 Å². The molecule has 0 fully saturated rings. The van der Waals surface area contributed by atoms with Crippen LogP contribution in [0.5, 0.6) is 5.75 Å². The molecular formula is C23H21N5O2. The van der Waals surface area contributed by atoms with Crippen molar-refractivity contribution in [3.05, 3.63) is 95.3 Å². The molecule has 0 unspecified atom stereocenters. The van der Waals surface area contributed by atoms with E-state index in [4.69, 9.17) is 4.74 Å². The lowest BCUT2D eigenvalue weighted by atomic mass is 10.1. The third-order valence-corrected chi connectivity index (χ3v) is 4.69.